The highest BCUT2D eigenvalue weighted by atomic mass is 16.6. The maximum atomic E-state index is 11.8. The average Bonchev–Trinajstić information content (AvgIpc) is 2.68. The van der Waals surface area contributed by atoms with E-state index >= 15 is 0 Å². The molecule has 0 spiro atoms. The predicted molar refractivity (Wildman–Crippen MR) is 112 cm³/mol. The lowest BCUT2D eigenvalue weighted by Gasteiger charge is -2.21. The van der Waals surface area contributed by atoms with Crippen molar-refractivity contribution in [3.63, 3.8) is 0 Å². The Labute approximate surface area is 173 Å². The first-order chi connectivity index (χ1) is 14.0. The van der Waals surface area contributed by atoms with Crippen molar-refractivity contribution in [3.8, 4) is 28.7 Å². The number of ether oxygens (including phenoxy) is 4. The molecule has 1 aromatic rings. The number of rotatable bonds is 16. The van der Waals surface area contributed by atoms with Crippen LogP contribution in [0.1, 0.15) is 83.0 Å². The Hall–Kier alpha value is -2.31. The van der Waals surface area contributed by atoms with Gasteiger partial charge in [-0.05, 0) is 27.2 Å². The summed E-state index contributed by atoms with van der Waals surface area (Å²) in [5, 5.41) is 20.3. The van der Waals surface area contributed by atoms with Crippen molar-refractivity contribution in [1.29, 1.82) is 0 Å². The molecule has 0 heterocycles. The molecule has 0 saturated heterocycles. The molecule has 29 heavy (non-hydrogen) atoms. The molecule has 0 amide bonds. The van der Waals surface area contributed by atoms with Crippen molar-refractivity contribution in [2.75, 3.05) is 26.4 Å². The molecule has 0 fully saturated rings. The monoisotopic (exact) mass is 412 g/mol. The Kier molecular flexibility index (Phi) is 11.8. The molecule has 2 N–H and O–H groups in total. The molecule has 0 saturated carbocycles. The SMILES string of the molecule is CCCCCCCCCOc1c(O)c(C(=O)O)c(OCC)c(OCC)c1OCC. The van der Waals surface area contributed by atoms with Gasteiger partial charge in [0.2, 0.25) is 17.2 Å². The lowest BCUT2D eigenvalue weighted by atomic mass is 10.1. The van der Waals surface area contributed by atoms with Gasteiger partial charge in [-0.1, -0.05) is 45.4 Å². The van der Waals surface area contributed by atoms with Crippen LogP contribution in [0.15, 0.2) is 0 Å². The van der Waals surface area contributed by atoms with E-state index in [2.05, 4.69) is 6.92 Å². The second-order valence-electron chi connectivity index (χ2n) is 6.61. The quantitative estimate of drug-likeness (QED) is 0.350. The van der Waals surface area contributed by atoms with Crippen molar-refractivity contribution in [3.05, 3.63) is 5.56 Å². The van der Waals surface area contributed by atoms with Crippen LogP contribution in [0.2, 0.25) is 0 Å². The number of carbonyl (C=O) groups is 1. The van der Waals surface area contributed by atoms with Crippen molar-refractivity contribution < 1.29 is 34.0 Å². The molecule has 1 aromatic carbocycles. The Morgan fingerprint density at radius 1 is 0.690 bits per heavy atom. The Balaban J connectivity index is 3.09. The van der Waals surface area contributed by atoms with Crippen molar-refractivity contribution in [2.24, 2.45) is 0 Å². The molecule has 7 heteroatoms. The zero-order valence-electron chi connectivity index (χ0n) is 18.2. The zero-order valence-corrected chi connectivity index (χ0v) is 18.2. The van der Waals surface area contributed by atoms with E-state index in [1.807, 2.05) is 0 Å². The lowest BCUT2D eigenvalue weighted by molar-refractivity contribution is 0.0686. The topological polar surface area (TPSA) is 94.5 Å². The van der Waals surface area contributed by atoms with Gasteiger partial charge in [0.15, 0.2) is 17.1 Å². The number of hydrogen-bond donors (Lipinski definition) is 2. The second-order valence-corrected chi connectivity index (χ2v) is 6.61. The predicted octanol–water partition coefficient (Wildman–Crippen LogP) is 5.42. The summed E-state index contributed by atoms with van der Waals surface area (Å²) in [4.78, 5) is 11.8. The summed E-state index contributed by atoms with van der Waals surface area (Å²) in [6.07, 6.45) is 7.85. The van der Waals surface area contributed by atoms with Gasteiger partial charge in [-0.3, -0.25) is 0 Å². The fourth-order valence-electron chi connectivity index (χ4n) is 3.05. The first kappa shape index (κ1) is 24.7. The Morgan fingerprint density at radius 3 is 1.69 bits per heavy atom. The second kappa shape index (κ2) is 13.8. The largest absolute Gasteiger partial charge is 0.503 e. The van der Waals surface area contributed by atoms with Crippen LogP contribution >= 0.6 is 0 Å². The van der Waals surface area contributed by atoms with Gasteiger partial charge in [0.25, 0.3) is 0 Å². The van der Waals surface area contributed by atoms with Gasteiger partial charge in [0, 0.05) is 0 Å². The molecule has 0 bridgehead atoms. The van der Waals surface area contributed by atoms with Crippen LogP contribution in [0.5, 0.6) is 28.7 Å². The summed E-state index contributed by atoms with van der Waals surface area (Å²) in [5.74, 6) is -1.58. The molecule has 166 valence electrons. The van der Waals surface area contributed by atoms with Crippen LogP contribution in [0.25, 0.3) is 0 Å². The van der Waals surface area contributed by atoms with E-state index in [-0.39, 0.29) is 41.8 Å². The first-order valence-corrected chi connectivity index (χ1v) is 10.7. The van der Waals surface area contributed by atoms with E-state index in [9.17, 15) is 15.0 Å². The molecule has 7 nitrogen and oxygen atoms in total. The minimum Gasteiger partial charge on any atom is -0.503 e. The number of aromatic carboxylic acids is 1. The van der Waals surface area contributed by atoms with Crippen LogP contribution in [0, 0.1) is 0 Å². The van der Waals surface area contributed by atoms with E-state index in [0.717, 1.165) is 19.3 Å². The van der Waals surface area contributed by atoms with Crippen LogP contribution in [-0.4, -0.2) is 42.6 Å². The van der Waals surface area contributed by atoms with E-state index in [1.54, 1.807) is 20.8 Å². The normalized spacial score (nSPS) is 10.6. The van der Waals surface area contributed by atoms with Crippen LogP contribution < -0.4 is 18.9 Å². The molecule has 0 atom stereocenters. The van der Waals surface area contributed by atoms with E-state index in [4.69, 9.17) is 18.9 Å². The van der Waals surface area contributed by atoms with E-state index in [1.165, 1.54) is 25.7 Å². The molecule has 0 aliphatic heterocycles. The summed E-state index contributed by atoms with van der Waals surface area (Å²) < 4.78 is 22.6. The van der Waals surface area contributed by atoms with Gasteiger partial charge in [-0.2, -0.15) is 0 Å². The van der Waals surface area contributed by atoms with Gasteiger partial charge in [-0.25, -0.2) is 4.79 Å². The molecule has 0 radical (unpaired) electrons. The van der Waals surface area contributed by atoms with Crippen LogP contribution in [0.3, 0.4) is 0 Å². The van der Waals surface area contributed by atoms with E-state index < -0.39 is 11.7 Å². The highest BCUT2D eigenvalue weighted by molar-refractivity contribution is 5.97. The number of phenols is 1. The third-order valence-electron chi connectivity index (χ3n) is 4.37. The molecule has 0 unspecified atom stereocenters. The lowest BCUT2D eigenvalue weighted by Crippen LogP contribution is -2.11. The Bertz CT molecular complexity index is 628. The molecular formula is C22H36O7. The van der Waals surface area contributed by atoms with Gasteiger partial charge >= 0.3 is 5.97 Å². The number of carboxylic acid groups (broad SMARTS) is 1. The van der Waals surface area contributed by atoms with Crippen LogP contribution in [0.4, 0.5) is 0 Å². The summed E-state index contributed by atoms with van der Waals surface area (Å²) in [6, 6.07) is 0. The third-order valence-corrected chi connectivity index (χ3v) is 4.37. The number of aromatic hydroxyl groups is 1. The van der Waals surface area contributed by atoms with Gasteiger partial charge < -0.3 is 29.2 Å². The molecule has 0 aliphatic rings. The Morgan fingerprint density at radius 2 is 1.17 bits per heavy atom. The molecular weight excluding hydrogens is 376 g/mol. The van der Waals surface area contributed by atoms with Crippen LogP contribution in [-0.2, 0) is 0 Å². The van der Waals surface area contributed by atoms with Gasteiger partial charge in [0.05, 0.1) is 26.4 Å². The highest BCUT2D eigenvalue weighted by Gasteiger charge is 2.32. The highest BCUT2D eigenvalue weighted by Crippen LogP contribution is 2.53. The summed E-state index contributed by atoms with van der Waals surface area (Å²) >= 11 is 0. The van der Waals surface area contributed by atoms with Crippen molar-refractivity contribution >= 4 is 5.97 Å². The third kappa shape index (κ3) is 7.22. The number of carboxylic acids is 1. The first-order valence-electron chi connectivity index (χ1n) is 10.7. The fraction of sp³-hybridized carbons (Fsp3) is 0.682. The maximum absolute atomic E-state index is 11.8. The number of unbranched alkanes of at least 4 members (excludes halogenated alkanes) is 6. The molecule has 0 aliphatic carbocycles. The van der Waals surface area contributed by atoms with E-state index in [0.29, 0.717) is 13.2 Å². The number of benzene rings is 1. The zero-order chi connectivity index (χ0) is 21.6. The summed E-state index contributed by atoms with van der Waals surface area (Å²) in [7, 11) is 0. The molecule has 1 rings (SSSR count). The molecule has 0 aromatic heterocycles. The maximum Gasteiger partial charge on any atom is 0.343 e. The summed E-state index contributed by atoms with van der Waals surface area (Å²) in [6.45, 7) is 8.62. The fourth-order valence-corrected chi connectivity index (χ4v) is 3.05. The van der Waals surface area contributed by atoms with Crippen molar-refractivity contribution in [1.82, 2.24) is 0 Å². The van der Waals surface area contributed by atoms with Crippen molar-refractivity contribution in [2.45, 2.75) is 72.6 Å². The van der Waals surface area contributed by atoms with Gasteiger partial charge in [-0.15, -0.1) is 0 Å². The minimum atomic E-state index is -1.32. The van der Waals surface area contributed by atoms with Gasteiger partial charge in [0.1, 0.15) is 0 Å². The smallest absolute Gasteiger partial charge is 0.343 e. The minimum absolute atomic E-state index is 0.0119. The standard InChI is InChI=1S/C22H36O7/c1-5-9-10-11-12-13-14-15-29-19-17(23)16(22(24)25)18(26-6-2)20(27-7-3)21(19)28-8-4/h23H,5-15H2,1-4H3,(H,24,25). The number of hydrogen-bond acceptors (Lipinski definition) is 6. The average molecular weight is 413 g/mol. The summed E-state index contributed by atoms with van der Waals surface area (Å²) in [5.41, 5.74) is -0.381.